The van der Waals surface area contributed by atoms with Crippen molar-refractivity contribution in [3.05, 3.63) is 23.9 Å². The van der Waals surface area contributed by atoms with Crippen LogP contribution in [-0.2, 0) is 0 Å². The number of nitrogens with zero attached hydrogens (tertiary/aromatic N) is 1. The number of nitrogen functional groups attached to an aromatic ring is 1. The molecule has 100 valence electrons. The summed E-state index contributed by atoms with van der Waals surface area (Å²) in [4.78, 5) is 16.0. The third-order valence-corrected chi connectivity index (χ3v) is 3.18. The molecule has 0 aromatic carbocycles. The number of carbonyl (C=O) groups excluding carboxylic acids is 1. The van der Waals surface area contributed by atoms with Gasteiger partial charge in [-0.3, -0.25) is 4.79 Å². The summed E-state index contributed by atoms with van der Waals surface area (Å²) in [6.45, 7) is 9.21. The van der Waals surface area contributed by atoms with Crippen LogP contribution < -0.4 is 16.6 Å². The first-order valence-electron chi connectivity index (χ1n) is 6.06. The van der Waals surface area contributed by atoms with E-state index in [4.69, 9.17) is 5.84 Å². The van der Waals surface area contributed by atoms with E-state index in [1.165, 1.54) is 0 Å². The fraction of sp³-hybridized carbons (Fsp3) is 0.538. The van der Waals surface area contributed by atoms with Gasteiger partial charge < -0.3 is 10.7 Å². The van der Waals surface area contributed by atoms with Crippen LogP contribution in [0.25, 0.3) is 0 Å². The molecule has 0 aliphatic carbocycles. The molecule has 0 aliphatic rings. The highest BCUT2D eigenvalue weighted by Gasteiger charge is 2.20. The third-order valence-electron chi connectivity index (χ3n) is 3.18. The van der Waals surface area contributed by atoms with Gasteiger partial charge in [-0.2, -0.15) is 0 Å². The molecular weight excluding hydrogens is 228 g/mol. The summed E-state index contributed by atoms with van der Waals surface area (Å²) in [5.74, 6) is 5.94. The van der Waals surface area contributed by atoms with Crippen LogP contribution in [0.1, 0.15) is 38.2 Å². The van der Waals surface area contributed by atoms with Crippen LogP contribution in [-0.4, -0.2) is 17.4 Å². The first kappa shape index (κ1) is 14.4. The van der Waals surface area contributed by atoms with E-state index in [0.717, 1.165) is 0 Å². The summed E-state index contributed by atoms with van der Waals surface area (Å²) in [6, 6.07) is 5.11. The highest BCUT2D eigenvalue weighted by atomic mass is 16.1. The van der Waals surface area contributed by atoms with Gasteiger partial charge in [0.05, 0.1) is 0 Å². The minimum absolute atomic E-state index is 0.168. The van der Waals surface area contributed by atoms with Crippen molar-refractivity contribution in [1.29, 1.82) is 0 Å². The monoisotopic (exact) mass is 250 g/mol. The van der Waals surface area contributed by atoms with E-state index in [1.54, 1.807) is 18.2 Å². The number of amides is 1. The highest BCUT2D eigenvalue weighted by Crippen LogP contribution is 2.24. The molecule has 1 amide bonds. The third kappa shape index (κ3) is 4.00. The van der Waals surface area contributed by atoms with E-state index in [0.29, 0.717) is 24.0 Å². The molecule has 0 saturated carbocycles. The molecular formula is C13H22N4O. The van der Waals surface area contributed by atoms with Crippen LogP contribution in [0.4, 0.5) is 5.82 Å². The lowest BCUT2D eigenvalue weighted by Gasteiger charge is -2.27. The Hall–Kier alpha value is -1.62. The number of nitrogens with one attached hydrogen (secondary N) is 2. The SMILES string of the molecule is CC(CNC(=O)c1cccc(NN)n1)C(C)(C)C. The summed E-state index contributed by atoms with van der Waals surface area (Å²) in [6.07, 6.45) is 0. The maximum absolute atomic E-state index is 11.9. The van der Waals surface area contributed by atoms with Gasteiger partial charge in [0, 0.05) is 6.54 Å². The number of nitrogens with two attached hydrogens (primary N) is 1. The predicted octanol–water partition coefficient (Wildman–Crippen LogP) is 1.78. The first-order valence-corrected chi connectivity index (χ1v) is 6.06. The fourth-order valence-electron chi connectivity index (χ4n) is 1.28. The number of hydrogen-bond donors (Lipinski definition) is 3. The smallest absolute Gasteiger partial charge is 0.269 e. The van der Waals surface area contributed by atoms with Gasteiger partial charge in [0.15, 0.2) is 0 Å². The van der Waals surface area contributed by atoms with Crippen molar-refractivity contribution in [3.8, 4) is 0 Å². The lowest BCUT2D eigenvalue weighted by molar-refractivity contribution is 0.0932. The molecule has 1 aromatic rings. The van der Waals surface area contributed by atoms with Gasteiger partial charge in [-0.1, -0.05) is 33.8 Å². The Morgan fingerprint density at radius 3 is 2.67 bits per heavy atom. The van der Waals surface area contributed by atoms with Crippen molar-refractivity contribution in [2.24, 2.45) is 17.2 Å². The number of carbonyl (C=O) groups is 1. The molecule has 0 bridgehead atoms. The minimum Gasteiger partial charge on any atom is -0.350 e. The Bertz CT molecular complexity index is 412. The molecule has 1 unspecified atom stereocenters. The Morgan fingerprint density at radius 1 is 1.44 bits per heavy atom. The van der Waals surface area contributed by atoms with Crippen molar-refractivity contribution >= 4 is 11.7 Å². The molecule has 1 atom stereocenters. The maximum Gasteiger partial charge on any atom is 0.269 e. The molecule has 4 N–H and O–H groups in total. The van der Waals surface area contributed by atoms with E-state index >= 15 is 0 Å². The highest BCUT2D eigenvalue weighted by molar-refractivity contribution is 5.92. The average molecular weight is 250 g/mol. The van der Waals surface area contributed by atoms with Crippen molar-refractivity contribution in [3.63, 3.8) is 0 Å². The maximum atomic E-state index is 11.9. The lowest BCUT2D eigenvalue weighted by Crippen LogP contribution is -2.34. The molecule has 18 heavy (non-hydrogen) atoms. The van der Waals surface area contributed by atoms with Crippen molar-refractivity contribution < 1.29 is 4.79 Å². The second-order valence-electron chi connectivity index (χ2n) is 5.53. The summed E-state index contributed by atoms with van der Waals surface area (Å²) in [5.41, 5.74) is 2.96. The summed E-state index contributed by atoms with van der Waals surface area (Å²) >= 11 is 0. The molecule has 1 heterocycles. The van der Waals surface area contributed by atoms with Crippen molar-refractivity contribution in [2.75, 3.05) is 12.0 Å². The van der Waals surface area contributed by atoms with Gasteiger partial charge in [-0.15, -0.1) is 0 Å². The van der Waals surface area contributed by atoms with Crippen molar-refractivity contribution in [2.45, 2.75) is 27.7 Å². The summed E-state index contributed by atoms with van der Waals surface area (Å²) < 4.78 is 0. The zero-order valence-corrected chi connectivity index (χ0v) is 11.4. The first-order chi connectivity index (χ1) is 8.34. The Kier molecular flexibility index (Phi) is 4.67. The van der Waals surface area contributed by atoms with E-state index in [1.807, 2.05) is 0 Å². The normalized spacial score (nSPS) is 12.9. The van der Waals surface area contributed by atoms with Gasteiger partial charge >= 0.3 is 0 Å². The van der Waals surface area contributed by atoms with Crippen LogP contribution in [0.3, 0.4) is 0 Å². The molecule has 0 saturated heterocycles. The number of hydrazine groups is 1. The quantitative estimate of drug-likeness (QED) is 0.562. The zero-order chi connectivity index (χ0) is 13.8. The predicted molar refractivity (Wildman–Crippen MR) is 73.0 cm³/mol. The van der Waals surface area contributed by atoms with E-state index < -0.39 is 0 Å². The summed E-state index contributed by atoms with van der Waals surface area (Å²) in [5, 5.41) is 2.89. The minimum atomic E-state index is -0.178. The molecule has 0 spiro atoms. The van der Waals surface area contributed by atoms with Crippen LogP contribution in [0.2, 0.25) is 0 Å². The van der Waals surface area contributed by atoms with Crippen LogP contribution in [0.15, 0.2) is 18.2 Å². The van der Waals surface area contributed by atoms with Crippen LogP contribution >= 0.6 is 0 Å². The molecule has 1 aromatic heterocycles. The standard InChI is InChI=1S/C13H22N4O/c1-9(13(2,3)4)8-15-12(18)10-6-5-7-11(16-10)17-14/h5-7,9H,8,14H2,1-4H3,(H,15,18)(H,16,17). The van der Waals surface area contributed by atoms with Crippen molar-refractivity contribution in [1.82, 2.24) is 10.3 Å². The largest absolute Gasteiger partial charge is 0.350 e. The second-order valence-corrected chi connectivity index (χ2v) is 5.53. The molecule has 5 nitrogen and oxygen atoms in total. The fourth-order valence-corrected chi connectivity index (χ4v) is 1.28. The average Bonchev–Trinajstić information content (AvgIpc) is 2.34. The Morgan fingerprint density at radius 2 is 2.11 bits per heavy atom. The molecule has 5 heteroatoms. The van der Waals surface area contributed by atoms with E-state index in [9.17, 15) is 4.79 Å². The number of aromatic nitrogens is 1. The van der Waals surface area contributed by atoms with Gasteiger partial charge in [0.2, 0.25) is 0 Å². The van der Waals surface area contributed by atoms with Gasteiger partial charge in [0.25, 0.3) is 5.91 Å². The number of pyridine rings is 1. The number of anilines is 1. The van der Waals surface area contributed by atoms with Gasteiger partial charge in [-0.25, -0.2) is 10.8 Å². The molecule has 1 rings (SSSR count). The Labute approximate surface area is 108 Å². The molecule has 0 fully saturated rings. The zero-order valence-electron chi connectivity index (χ0n) is 11.4. The number of rotatable bonds is 4. The topological polar surface area (TPSA) is 80.0 Å². The van der Waals surface area contributed by atoms with Crippen LogP contribution in [0.5, 0.6) is 0 Å². The van der Waals surface area contributed by atoms with E-state index in [-0.39, 0.29) is 11.3 Å². The van der Waals surface area contributed by atoms with Gasteiger partial charge in [0.1, 0.15) is 11.5 Å². The summed E-state index contributed by atoms with van der Waals surface area (Å²) in [7, 11) is 0. The second kappa shape index (κ2) is 5.82. The van der Waals surface area contributed by atoms with E-state index in [2.05, 4.69) is 43.4 Å². The van der Waals surface area contributed by atoms with Gasteiger partial charge in [-0.05, 0) is 23.5 Å². The molecule has 0 aliphatic heterocycles. The lowest BCUT2D eigenvalue weighted by atomic mass is 9.82. The molecule has 0 radical (unpaired) electrons. The Balaban J connectivity index is 2.60. The number of hydrogen-bond acceptors (Lipinski definition) is 4. The van der Waals surface area contributed by atoms with Crippen LogP contribution in [0, 0.1) is 11.3 Å².